The molecule has 3 aliphatic rings. The van der Waals surface area contributed by atoms with Crippen LogP contribution < -0.4 is 10.6 Å². The topological polar surface area (TPSA) is 94.0 Å². The molecule has 1 saturated carbocycles. The average molecular weight is 527 g/mol. The molecule has 1 aliphatic carbocycles. The third-order valence-corrected chi connectivity index (χ3v) is 7.50. The minimum absolute atomic E-state index is 0.0119. The molecule has 1 spiro atoms. The number of anilines is 1. The number of aliphatic hydroxyl groups is 1. The Kier molecular flexibility index (Phi) is 9.98. The zero-order valence-electron chi connectivity index (χ0n) is 20.3. The maximum atomic E-state index is 13.4. The quantitative estimate of drug-likeness (QED) is 0.365. The van der Waals surface area contributed by atoms with E-state index in [1.54, 1.807) is 12.3 Å². The fourth-order valence-corrected chi connectivity index (χ4v) is 5.48. The van der Waals surface area contributed by atoms with Gasteiger partial charge in [0.15, 0.2) is 0 Å². The van der Waals surface area contributed by atoms with E-state index in [2.05, 4.69) is 10.6 Å². The van der Waals surface area contributed by atoms with Gasteiger partial charge in [0.05, 0.1) is 5.56 Å². The molecule has 2 aliphatic heterocycles. The number of nitrogens with one attached hydrogen (secondary N) is 2. The lowest BCUT2D eigenvalue weighted by molar-refractivity contribution is -0.137. The van der Waals surface area contributed by atoms with Crippen molar-refractivity contribution in [3.05, 3.63) is 34.7 Å². The SMILES string of the molecule is CCO.O=CNc1ccc(/C=C/SN2CCC3(CC2)N=C(C2CCCCC2)NC3=O)c(C(F)(F)F)c1. The van der Waals surface area contributed by atoms with Gasteiger partial charge in [0, 0.05) is 31.3 Å². The maximum absolute atomic E-state index is 13.4. The zero-order chi connectivity index (χ0) is 26.2. The Morgan fingerprint density at radius 2 is 1.92 bits per heavy atom. The van der Waals surface area contributed by atoms with Crippen LogP contribution in [-0.2, 0) is 15.8 Å². The summed E-state index contributed by atoms with van der Waals surface area (Å²) in [6, 6.07) is 3.69. The number of nitrogens with zero attached hydrogens (tertiary/aromatic N) is 2. The summed E-state index contributed by atoms with van der Waals surface area (Å²) in [4.78, 5) is 28.1. The molecule has 4 rings (SSSR count). The van der Waals surface area contributed by atoms with E-state index in [1.807, 2.05) is 4.31 Å². The summed E-state index contributed by atoms with van der Waals surface area (Å²) in [7, 11) is 0. The van der Waals surface area contributed by atoms with Crippen molar-refractivity contribution in [2.45, 2.75) is 63.6 Å². The van der Waals surface area contributed by atoms with Crippen molar-refractivity contribution in [1.29, 1.82) is 0 Å². The van der Waals surface area contributed by atoms with E-state index in [-0.39, 0.29) is 23.8 Å². The third kappa shape index (κ3) is 7.10. The normalized spacial score (nSPS) is 20.6. The predicted octanol–water partition coefficient (Wildman–Crippen LogP) is 4.83. The Morgan fingerprint density at radius 1 is 1.25 bits per heavy atom. The first-order chi connectivity index (χ1) is 17.2. The van der Waals surface area contributed by atoms with Crippen LogP contribution >= 0.6 is 11.9 Å². The highest BCUT2D eigenvalue weighted by Gasteiger charge is 2.46. The van der Waals surface area contributed by atoms with Gasteiger partial charge in [-0.05, 0) is 61.8 Å². The molecule has 0 atom stereocenters. The number of aliphatic imine (C=N–C) groups is 1. The van der Waals surface area contributed by atoms with Crippen LogP contribution in [0.4, 0.5) is 18.9 Å². The lowest BCUT2D eigenvalue weighted by Crippen LogP contribution is -2.47. The first-order valence-corrected chi connectivity index (χ1v) is 13.1. The summed E-state index contributed by atoms with van der Waals surface area (Å²) < 4.78 is 42.3. The number of carbonyl (C=O) groups is 2. The number of piperidine rings is 1. The van der Waals surface area contributed by atoms with E-state index in [0.29, 0.717) is 38.3 Å². The van der Waals surface area contributed by atoms with Crippen molar-refractivity contribution < 1.29 is 27.9 Å². The summed E-state index contributed by atoms with van der Waals surface area (Å²) in [5, 5.41) is 14.5. The number of aliphatic hydroxyl groups excluding tert-OH is 1. The molecule has 1 aromatic rings. The Bertz CT molecular complexity index is 970. The van der Waals surface area contributed by atoms with Crippen molar-refractivity contribution in [2.24, 2.45) is 10.9 Å². The molecule has 3 N–H and O–H groups in total. The van der Waals surface area contributed by atoms with Gasteiger partial charge >= 0.3 is 6.18 Å². The van der Waals surface area contributed by atoms with Gasteiger partial charge in [-0.15, -0.1) is 0 Å². The fourth-order valence-electron chi connectivity index (χ4n) is 4.71. The van der Waals surface area contributed by atoms with E-state index < -0.39 is 17.3 Å². The maximum Gasteiger partial charge on any atom is 0.417 e. The number of benzene rings is 1. The van der Waals surface area contributed by atoms with Crippen LogP contribution in [0.5, 0.6) is 0 Å². The van der Waals surface area contributed by atoms with Crippen LogP contribution in [-0.4, -0.2) is 52.8 Å². The van der Waals surface area contributed by atoms with Crippen LogP contribution in [0.1, 0.15) is 63.0 Å². The Morgan fingerprint density at radius 3 is 2.53 bits per heavy atom. The van der Waals surface area contributed by atoms with Gasteiger partial charge < -0.3 is 15.7 Å². The second-order valence-electron chi connectivity index (χ2n) is 9.03. The molecule has 0 radical (unpaired) electrons. The van der Waals surface area contributed by atoms with Gasteiger partial charge in [-0.2, -0.15) is 13.2 Å². The minimum atomic E-state index is -4.54. The smallest absolute Gasteiger partial charge is 0.397 e. The van der Waals surface area contributed by atoms with Crippen LogP contribution in [0, 0.1) is 5.92 Å². The molecule has 1 saturated heterocycles. The molecule has 11 heteroatoms. The number of hydrogen-bond acceptors (Lipinski definition) is 6. The lowest BCUT2D eigenvalue weighted by atomic mass is 9.88. The molecule has 2 fully saturated rings. The van der Waals surface area contributed by atoms with Gasteiger partial charge in [-0.1, -0.05) is 37.3 Å². The molecular weight excluding hydrogens is 493 g/mol. The molecule has 36 heavy (non-hydrogen) atoms. The number of carbonyl (C=O) groups excluding carboxylic acids is 2. The van der Waals surface area contributed by atoms with Crippen LogP contribution in [0.15, 0.2) is 28.6 Å². The van der Waals surface area contributed by atoms with Gasteiger partial charge in [0.1, 0.15) is 11.4 Å². The van der Waals surface area contributed by atoms with Gasteiger partial charge in [0.2, 0.25) is 6.41 Å². The summed E-state index contributed by atoms with van der Waals surface area (Å²) in [5.41, 5.74) is -1.39. The third-order valence-electron chi connectivity index (χ3n) is 6.58. The standard InChI is InChI=1S/C23H27F3N4O2S.C2H6O/c24-23(25,26)19-14-18(27-15-31)7-6-16(19)8-13-33-30-11-9-22(10-12-30)21(32)28-20(29-22)17-4-2-1-3-5-17;1-2-3/h6-8,13-15,17H,1-5,9-12H2,(H,27,31)(H,28,29,32);3H,2H2,1H3/b13-8+;. The number of rotatable bonds is 6. The van der Waals surface area contributed by atoms with Crippen molar-refractivity contribution in [1.82, 2.24) is 9.62 Å². The monoisotopic (exact) mass is 526 g/mol. The summed E-state index contributed by atoms with van der Waals surface area (Å²) in [6.45, 7) is 3.18. The number of hydrogen-bond donors (Lipinski definition) is 3. The zero-order valence-corrected chi connectivity index (χ0v) is 21.1. The van der Waals surface area contributed by atoms with Gasteiger partial charge in [0.25, 0.3) is 5.91 Å². The number of halogens is 3. The Balaban J connectivity index is 0.00000115. The number of alkyl halides is 3. The van der Waals surface area contributed by atoms with Crippen molar-refractivity contribution in [3.8, 4) is 0 Å². The van der Waals surface area contributed by atoms with E-state index in [0.717, 1.165) is 24.7 Å². The predicted molar refractivity (Wildman–Crippen MR) is 136 cm³/mol. The van der Waals surface area contributed by atoms with Crippen LogP contribution in [0.3, 0.4) is 0 Å². The van der Waals surface area contributed by atoms with Crippen molar-refractivity contribution in [2.75, 3.05) is 25.0 Å². The minimum Gasteiger partial charge on any atom is -0.397 e. The Labute approximate surface area is 213 Å². The van der Waals surface area contributed by atoms with E-state index in [1.165, 1.54) is 49.4 Å². The van der Waals surface area contributed by atoms with Crippen LogP contribution in [0.25, 0.3) is 6.08 Å². The first-order valence-electron chi connectivity index (χ1n) is 12.2. The average Bonchev–Trinajstić information content (AvgIpc) is 3.17. The number of amides is 2. The molecule has 2 amide bonds. The molecular formula is C25H33F3N4O3S. The van der Waals surface area contributed by atoms with E-state index in [4.69, 9.17) is 10.1 Å². The highest BCUT2D eigenvalue weighted by molar-refractivity contribution is 8.00. The Hall–Kier alpha value is -2.37. The van der Waals surface area contributed by atoms with Crippen molar-refractivity contribution >= 4 is 41.9 Å². The summed E-state index contributed by atoms with van der Waals surface area (Å²) >= 11 is 1.33. The number of amidine groups is 1. The molecule has 0 aromatic heterocycles. The molecule has 1 aromatic carbocycles. The first kappa shape index (κ1) is 28.2. The van der Waals surface area contributed by atoms with Gasteiger partial charge in [-0.25, -0.2) is 4.31 Å². The molecule has 7 nitrogen and oxygen atoms in total. The van der Waals surface area contributed by atoms with E-state index in [9.17, 15) is 22.8 Å². The highest BCUT2D eigenvalue weighted by atomic mass is 32.2. The summed E-state index contributed by atoms with van der Waals surface area (Å²) in [5.74, 6) is 1.20. The molecule has 0 bridgehead atoms. The van der Waals surface area contributed by atoms with Gasteiger partial charge in [-0.3, -0.25) is 14.6 Å². The summed E-state index contributed by atoms with van der Waals surface area (Å²) in [6.07, 6.45) is 4.17. The highest BCUT2D eigenvalue weighted by Crippen LogP contribution is 2.37. The van der Waals surface area contributed by atoms with Crippen LogP contribution in [0.2, 0.25) is 0 Å². The van der Waals surface area contributed by atoms with Crippen molar-refractivity contribution in [3.63, 3.8) is 0 Å². The molecule has 198 valence electrons. The largest absolute Gasteiger partial charge is 0.417 e. The second-order valence-corrected chi connectivity index (χ2v) is 10.0. The van der Waals surface area contributed by atoms with E-state index >= 15 is 0 Å². The second kappa shape index (κ2) is 12.7. The fraction of sp³-hybridized carbons (Fsp3) is 0.560. The lowest BCUT2D eigenvalue weighted by Gasteiger charge is -2.34. The molecule has 2 heterocycles. The molecule has 0 unspecified atom stereocenters.